The van der Waals surface area contributed by atoms with Crippen LogP contribution in [0.5, 0.6) is 5.75 Å². The number of nitrogens with zero attached hydrogens (tertiary/aromatic N) is 2. The van der Waals surface area contributed by atoms with Crippen LogP contribution < -0.4 is 9.64 Å². The summed E-state index contributed by atoms with van der Waals surface area (Å²) in [5, 5.41) is 9.44. The molecule has 156 valence electrons. The number of anilines is 1. The van der Waals surface area contributed by atoms with Gasteiger partial charge in [-0.25, -0.2) is 4.39 Å². The predicted octanol–water partition coefficient (Wildman–Crippen LogP) is 4.17. The van der Waals surface area contributed by atoms with E-state index in [2.05, 4.69) is 4.90 Å². The van der Waals surface area contributed by atoms with Gasteiger partial charge in [0.1, 0.15) is 11.6 Å². The molecule has 2 aromatic carbocycles. The average molecular weight is 400 g/mol. The number of rotatable bonds is 8. The molecule has 1 aliphatic rings. The Morgan fingerprint density at radius 3 is 2.59 bits per heavy atom. The minimum Gasteiger partial charge on any atom is -0.491 e. The predicted molar refractivity (Wildman–Crippen MR) is 112 cm³/mol. The number of aliphatic carboxylic acids is 1. The molecular weight excluding hydrogens is 371 g/mol. The molecule has 5 nitrogen and oxygen atoms in total. The molecule has 0 amide bonds. The zero-order valence-electron chi connectivity index (χ0n) is 17.1. The Kier molecular flexibility index (Phi) is 7.09. The third-order valence-corrected chi connectivity index (χ3v) is 5.20. The second-order valence-electron chi connectivity index (χ2n) is 7.77. The van der Waals surface area contributed by atoms with E-state index < -0.39 is 5.97 Å². The first-order valence-corrected chi connectivity index (χ1v) is 10.1. The van der Waals surface area contributed by atoms with E-state index in [-0.39, 0.29) is 24.5 Å². The molecule has 0 spiro atoms. The van der Waals surface area contributed by atoms with Gasteiger partial charge < -0.3 is 14.7 Å². The van der Waals surface area contributed by atoms with E-state index in [9.17, 15) is 14.3 Å². The van der Waals surface area contributed by atoms with Crippen molar-refractivity contribution in [3.63, 3.8) is 0 Å². The van der Waals surface area contributed by atoms with Crippen molar-refractivity contribution in [1.29, 1.82) is 0 Å². The van der Waals surface area contributed by atoms with Gasteiger partial charge >= 0.3 is 5.97 Å². The van der Waals surface area contributed by atoms with Gasteiger partial charge in [0.05, 0.1) is 12.6 Å². The summed E-state index contributed by atoms with van der Waals surface area (Å²) in [7, 11) is 0. The summed E-state index contributed by atoms with van der Waals surface area (Å²) in [5.74, 6) is -0.270. The molecule has 0 unspecified atom stereocenters. The number of piperidine rings is 1. The molecule has 0 atom stereocenters. The van der Waals surface area contributed by atoms with Crippen molar-refractivity contribution in [3.05, 3.63) is 59.9 Å². The van der Waals surface area contributed by atoms with E-state index >= 15 is 0 Å². The van der Waals surface area contributed by atoms with Crippen LogP contribution in [-0.4, -0.2) is 47.8 Å². The van der Waals surface area contributed by atoms with E-state index in [0.29, 0.717) is 6.54 Å². The highest BCUT2D eigenvalue weighted by Gasteiger charge is 2.27. The van der Waals surface area contributed by atoms with Gasteiger partial charge in [0.2, 0.25) is 0 Å². The summed E-state index contributed by atoms with van der Waals surface area (Å²) < 4.78 is 19.4. The van der Waals surface area contributed by atoms with Crippen molar-refractivity contribution < 1.29 is 19.0 Å². The average Bonchev–Trinajstić information content (AvgIpc) is 2.68. The molecule has 1 fully saturated rings. The van der Waals surface area contributed by atoms with Gasteiger partial charge in [-0.15, -0.1) is 0 Å². The Bertz CT molecular complexity index is 819. The van der Waals surface area contributed by atoms with E-state index in [0.717, 1.165) is 42.9 Å². The Morgan fingerprint density at radius 2 is 1.93 bits per heavy atom. The molecule has 0 aliphatic carbocycles. The lowest BCUT2D eigenvalue weighted by Gasteiger charge is -2.39. The van der Waals surface area contributed by atoms with Crippen LogP contribution >= 0.6 is 0 Å². The maximum Gasteiger partial charge on any atom is 0.317 e. The maximum atomic E-state index is 13.5. The number of carbonyl (C=O) groups is 1. The number of hydrogen-bond donors (Lipinski definition) is 1. The summed E-state index contributed by atoms with van der Waals surface area (Å²) in [6, 6.07) is 14.6. The smallest absolute Gasteiger partial charge is 0.317 e. The van der Waals surface area contributed by atoms with Gasteiger partial charge in [-0.2, -0.15) is 0 Å². The molecular formula is C23H29FN2O3. The summed E-state index contributed by atoms with van der Waals surface area (Å²) in [6.07, 6.45) is 1.71. The highest BCUT2D eigenvalue weighted by molar-refractivity contribution is 5.69. The lowest BCUT2D eigenvalue weighted by atomic mass is 10.0. The number of benzene rings is 2. The monoisotopic (exact) mass is 400 g/mol. The first-order valence-electron chi connectivity index (χ1n) is 10.1. The van der Waals surface area contributed by atoms with Crippen LogP contribution in [0.4, 0.5) is 10.1 Å². The number of halogens is 1. The fraction of sp³-hybridized carbons (Fsp3) is 0.435. The van der Waals surface area contributed by atoms with Crippen LogP contribution in [0.3, 0.4) is 0 Å². The van der Waals surface area contributed by atoms with Crippen LogP contribution in [0.1, 0.15) is 32.3 Å². The van der Waals surface area contributed by atoms with Gasteiger partial charge in [0.25, 0.3) is 0 Å². The number of carboxylic acids is 1. The highest BCUT2D eigenvalue weighted by Crippen LogP contribution is 2.27. The standard InChI is InChI=1S/C23H29FN2O3/c1-17(2)29-22-9-4-3-6-18(22)15-26(16-23(27)28)20-10-12-25(13-11-20)21-8-5-7-19(24)14-21/h3-9,14,17,20H,10-13,15-16H2,1-2H3,(H,27,28). The van der Waals surface area contributed by atoms with Gasteiger partial charge in [0, 0.05) is 36.9 Å². The highest BCUT2D eigenvalue weighted by atomic mass is 19.1. The third kappa shape index (κ3) is 5.94. The number of para-hydroxylation sites is 1. The lowest BCUT2D eigenvalue weighted by Crippen LogP contribution is -2.46. The zero-order chi connectivity index (χ0) is 20.8. The molecule has 29 heavy (non-hydrogen) atoms. The molecule has 0 radical (unpaired) electrons. The van der Waals surface area contributed by atoms with Crippen LogP contribution in [0.15, 0.2) is 48.5 Å². The molecule has 3 rings (SSSR count). The summed E-state index contributed by atoms with van der Waals surface area (Å²) in [4.78, 5) is 15.7. The second-order valence-corrected chi connectivity index (χ2v) is 7.77. The van der Waals surface area contributed by atoms with Crippen LogP contribution in [0.2, 0.25) is 0 Å². The van der Waals surface area contributed by atoms with Gasteiger partial charge in [-0.3, -0.25) is 9.69 Å². The fourth-order valence-corrected chi connectivity index (χ4v) is 3.87. The summed E-state index contributed by atoms with van der Waals surface area (Å²) in [5.41, 5.74) is 1.87. The normalized spacial score (nSPS) is 15.1. The number of carboxylic acid groups (broad SMARTS) is 1. The summed E-state index contributed by atoms with van der Waals surface area (Å²) >= 11 is 0. The molecule has 0 bridgehead atoms. The van der Waals surface area contributed by atoms with Crippen molar-refractivity contribution in [1.82, 2.24) is 4.90 Å². The largest absolute Gasteiger partial charge is 0.491 e. The van der Waals surface area contributed by atoms with Crippen molar-refractivity contribution in [2.45, 2.75) is 45.4 Å². The van der Waals surface area contributed by atoms with Crippen molar-refractivity contribution >= 4 is 11.7 Å². The maximum absolute atomic E-state index is 13.5. The van der Waals surface area contributed by atoms with E-state index in [1.54, 1.807) is 12.1 Å². The number of hydrogen-bond acceptors (Lipinski definition) is 4. The van der Waals surface area contributed by atoms with Crippen LogP contribution in [0.25, 0.3) is 0 Å². The molecule has 1 N–H and O–H groups in total. The zero-order valence-corrected chi connectivity index (χ0v) is 17.1. The molecule has 2 aromatic rings. The van der Waals surface area contributed by atoms with Gasteiger partial charge in [-0.05, 0) is 51.0 Å². The Labute approximate surface area is 171 Å². The fourth-order valence-electron chi connectivity index (χ4n) is 3.87. The minimum absolute atomic E-state index is 0.0132. The van der Waals surface area contributed by atoms with Gasteiger partial charge in [-0.1, -0.05) is 24.3 Å². The minimum atomic E-state index is -0.834. The molecule has 0 aromatic heterocycles. The first kappa shape index (κ1) is 21.1. The SMILES string of the molecule is CC(C)Oc1ccccc1CN(CC(=O)O)C1CCN(c2cccc(F)c2)CC1. The van der Waals surface area contributed by atoms with E-state index in [1.165, 1.54) is 6.07 Å². The van der Waals surface area contributed by atoms with Crippen LogP contribution in [0, 0.1) is 5.82 Å². The van der Waals surface area contributed by atoms with E-state index in [4.69, 9.17) is 4.74 Å². The first-order chi connectivity index (χ1) is 13.9. The van der Waals surface area contributed by atoms with Gasteiger partial charge in [0.15, 0.2) is 0 Å². The molecule has 1 heterocycles. The van der Waals surface area contributed by atoms with Crippen LogP contribution in [-0.2, 0) is 11.3 Å². The molecule has 1 saturated heterocycles. The second kappa shape index (κ2) is 9.74. The molecule has 0 saturated carbocycles. The van der Waals surface area contributed by atoms with Crippen molar-refractivity contribution in [2.24, 2.45) is 0 Å². The topological polar surface area (TPSA) is 53.0 Å². The summed E-state index contributed by atoms with van der Waals surface area (Å²) in [6.45, 7) is 6.02. The lowest BCUT2D eigenvalue weighted by molar-refractivity contribution is -0.139. The van der Waals surface area contributed by atoms with Crippen molar-refractivity contribution in [2.75, 3.05) is 24.5 Å². The molecule has 6 heteroatoms. The third-order valence-electron chi connectivity index (χ3n) is 5.20. The quantitative estimate of drug-likeness (QED) is 0.721. The number of ether oxygens (including phenoxy) is 1. The van der Waals surface area contributed by atoms with Crippen molar-refractivity contribution in [3.8, 4) is 5.75 Å². The van der Waals surface area contributed by atoms with E-state index in [1.807, 2.05) is 49.1 Å². The molecule has 1 aliphatic heterocycles. The Morgan fingerprint density at radius 1 is 1.21 bits per heavy atom. The Balaban J connectivity index is 1.69. The Hall–Kier alpha value is -2.60.